The van der Waals surface area contributed by atoms with Gasteiger partial charge in [0, 0.05) is 12.1 Å². The Balaban J connectivity index is 2.58. The molecule has 2 aromatic rings. The second kappa shape index (κ2) is 4.16. The fraction of sp³-hybridized carbons (Fsp3) is 0.250. The summed E-state index contributed by atoms with van der Waals surface area (Å²) in [5.74, 6) is -3.26. The molecule has 1 N–H and O–H groups in total. The first-order valence-electron chi connectivity index (χ1n) is 5.14. The Morgan fingerprint density at radius 1 is 1.41 bits per heavy atom. The van der Waals surface area contributed by atoms with E-state index in [4.69, 9.17) is 9.52 Å². The molecule has 1 aromatic heterocycles. The fourth-order valence-electron chi connectivity index (χ4n) is 1.75. The van der Waals surface area contributed by atoms with Crippen LogP contribution >= 0.6 is 0 Å². The summed E-state index contributed by atoms with van der Waals surface area (Å²) in [5.41, 5.74) is 0.0252. The predicted octanol–water partition coefficient (Wildman–Crippen LogP) is 3.29. The second-order valence-corrected chi connectivity index (χ2v) is 3.75. The molecule has 0 fully saturated rings. The van der Waals surface area contributed by atoms with Gasteiger partial charge in [-0.05, 0) is 12.5 Å². The van der Waals surface area contributed by atoms with E-state index in [2.05, 4.69) is 0 Å². The molecule has 1 aromatic carbocycles. The maximum atomic E-state index is 13.4. The summed E-state index contributed by atoms with van der Waals surface area (Å²) in [7, 11) is 0. The van der Waals surface area contributed by atoms with Crippen molar-refractivity contribution in [3.63, 3.8) is 0 Å². The van der Waals surface area contributed by atoms with Gasteiger partial charge in [-0.15, -0.1) is 0 Å². The molecule has 2 rings (SSSR count). The van der Waals surface area contributed by atoms with Crippen molar-refractivity contribution in [1.82, 2.24) is 0 Å². The molecule has 0 bridgehead atoms. The van der Waals surface area contributed by atoms with Gasteiger partial charge in [0.2, 0.25) is 0 Å². The van der Waals surface area contributed by atoms with Crippen molar-refractivity contribution in [1.29, 1.82) is 0 Å². The van der Waals surface area contributed by atoms with E-state index in [1.165, 1.54) is 6.07 Å². The van der Waals surface area contributed by atoms with E-state index in [-0.39, 0.29) is 16.7 Å². The highest BCUT2D eigenvalue weighted by molar-refractivity contribution is 5.82. The zero-order valence-electron chi connectivity index (χ0n) is 9.04. The van der Waals surface area contributed by atoms with Crippen molar-refractivity contribution < 1.29 is 23.1 Å². The molecule has 1 atom stereocenters. The van der Waals surface area contributed by atoms with Crippen LogP contribution in [0.1, 0.15) is 25.0 Å². The number of carboxylic acids is 1. The molecule has 0 aliphatic heterocycles. The Morgan fingerprint density at radius 3 is 2.71 bits per heavy atom. The van der Waals surface area contributed by atoms with Gasteiger partial charge in [0.05, 0.1) is 5.39 Å². The van der Waals surface area contributed by atoms with E-state index >= 15 is 0 Å². The summed E-state index contributed by atoms with van der Waals surface area (Å²) < 4.78 is 31.5. The van der Waals surface area contributed by atoms with E-state index in [1.54, 1.807) is 6.92 Å². The first-order chi connectivity index (χ1) is 8.02. The molecule has 5 heteroatoms. The predicted molar refractivity (Wildman–Crippen MR) is 56.8 cm³/mol. The summed E-state index contributed by atoms with van der Waals surface area (Å²) in [4.78, 5) is 10.9. The molecule has 0 radical (unpaired) electrons. The van der Waals surface area contributed by atoms with Gasteiger partial charge in [-0.3, -0.25) is 4.79 Å². The number of furan rings is 1. The molecule has 1 heterocycles. The van der Waals surface area contributed by atoms with Crippen LogP contribution in [0, 0.1) is 11.6 Å². The van der Waals surface area contributed by atoms with Crippen molar-refractivity contribution in [2.45, 2.75) is 19.3 Å². The lowest BCUT2D eigenvalue weighted by Gasteiger charge is -2.04. The Kier molecular flexibility index (Phi) is 2.83. The highest BCUT2D eigenvalue weighted by Gasteiger charge is 2.23. The molecule has 0 spiro atoms. The zero-order chi connectivity index (χ0) is 12.6. The molecule has 1 unspecified atom stereocenters. The average Bonchev–Trinajstić information content (AvgIpc) is 2.61. The number of carboxylic acid groups (broad SMARTS) is 1. The maximum absolute atomic E-state index is 13.4. The van der Waals surface area contributed by atoms with Gasteiger partial charge < -0.3 is 9.52 Å². The third-order valence-electron chi connectivity index (χ3n) is 2.62. The summed E-state index contributed by atoms with van der Waals surface area (Å²) in [6, 6.07) is 3.09. The van der Waals surface area contributed by atoms with Gasteiger partial charge in [-0.1, -0.05) is 6.92 Å². The van der Waals surface area contributed by atoms with Gasteiger partial charge in [0.25, 0.3) is 0 Å². The van der Waals surface area contributed by atoms with Crippen molar-refractivity contribution in [2.24, 2.45) is 0 Å². The minimum atomic E-state index is -1.05. The molecule has 0 aliphatic rings. The van der Waals surface area contributed by atoms with E-state index in [0.29, 0.717) is 6.42 Å². The molecule has 0 amide bonds. The summed E-state index contributed by atoms with van der Waals surface area (Å²) in [6.07, 6.45) is 0.319. The Hall–Kier alpha value is -1.91. The molecule has 3 nitrogen and oxygen atoms in total. The SMILES string of the molecule is CCC(C(=O)O)c1cc2c(F)cc(F)cc2o1. The van der Waals surface area contributed by atoms with Crippen molar-refractivity contribution >= 4 is 16.9 Å². The lowest BCUT2D eigenvalue weighted by Crippen LogP contribution is -2.09. The van der Waals surface area contributed by atoms with Crippen molar-refractivity contribution in [3.05, 3.63) is 35.6 Å². The number of carbonyl (C=O) groups is 1. The van der Waals surface area contributed by atoms with Crippen LogP contribution in [-0.4, -0.2) is 11.1 Å². The van der Waals surface area contributed by atoms with Crippen LogP contribution in [0.4, 0.5) is 8.78 Å². The number of hydrogen-bond donors (Lipinski definition) is 1. The van der Waals surface area contributed by atoms with Crippen LogP contribution < -0.4 is 0 Å². The van der Waals surface area contributed by atoms with Crippen LogP contribution in [0.2, 0.25) is 0 Å². The Morgan fingerprint density at radius 2 is 2.12 bits per heavy atom. The largest absolute Gasteiger partial charge is 0.481 e. The van der Waals surface area contributed by atoms with Crippen molar-refractivity contribution in [2.75, 3.05) is 0 Å². The standard InChI is InChI=1S/C12H10F2O3/c1-2-7(12(15)16)11-5-8-9(14)3-6(13)4-10(8)17-11/h3-5,7H,2H2,1H3,(H,15,16). The van der Waals surface area contributed by atoms with Gasteiger partial charge in [0.15, 0.2) is 0 Å². The smallest absolute Gasteiger partial charge is 0.314 e. The van der Waals surface area contributed by atoms with E-state index in [9.17, 15) is 13.6 Å². The maximum Gasteiger partial charge on any atom is 0.314 e. The van der Waals surface area contributed by atoms with Crippen LogP contribution in [0.25, 0.3) is 11.0 Å². The lowest BCUT2D eigenvalue weighted by molar-refractivity contribution is -0.139. The van der Waals surface area contributed by atoms with Crippen LogP contribution in [-0.2, 0) is 4.79 Å². The second-order valence-electron chi connectivity index (χ2n) is 3.75. The average molecular weight is 240 g/mol. The van der Waals surface area contributed by atoms with E-state index in [0.717, 1.165) is 12.1 Å². The van der Waals surface area contributed by atoms with E-state index in [1.807, 2.05) is 0 Å². The molecule has 90 valence electrons. The topological polar surface area (TPSA) is 50.4 Å². The summed E-state index contributed by atoms with van der Waals surface area (Å²) >= 11 is 0. The van der Waals surface area contributed by atoms with Gasteiger partial charge in [0.1, 0.15) is 28.9 Å². The van der Waals surface area contributed by atoms with Crippen molar-refractivity contribution in [3.8, 4) is 0 Å². The zero-order valence-corrected chi connectivity index (χ0v) is 9.04. The third-order valence-corrected chi connectivity index (χ3v) is 2.62. The fourth-order valence-corrected chi connectivity index (χ4v) is 1.75. The molecule has 0 aliphatic carbocycles. The molecule has 0 saturated heterocycles. The normalized spacial score (nSPS) is 12.9. The Labute approximate surface area is 95.7 Å². The molecular weight excluding hydrogens is 230 g/mol. The quantitative estimate of drug-likeness (QED) is 0.895. The monoisotopic (exact) mass is 240 g/mol. The van der Waals surface area contributed by atoms with E-state index < -0.39 is 23.5 Å². The Bertz CT molecular complexity index is 574. The minimum absolute atomic E-state index is 0.0252. The molecule has 0 saturated carbocycles. The highest BCUT2D eigenvalue weighted by Crippen LogP contribution is 2.29. The number of hydrogen-bond acceptors (Lipinski definition) is 2. The van der Waals surface area contributed by atoms with Crippen LogP contribution in [0.15, 0.2) is 22.6 Å². The molecule has 17 heavy (non-hydrogen) atoms. The first kappa shape index (κ1) is 11.6. The lowest BCUT2D eigenvalue weighted by atomic mass is 10.0. The first-order valence-corrected chi connectivity index (χ1v) is 5.14. The number of rotatable bonds is 3. The van der Waals surface area contributed by atoms with Crippen LogP contribution in [0.3, 0.4) is 0 Å². The van der Waals surface area contributed by atoms with Gasteiger partial charge in [-0.2, -0.15) is 0 Å². The number of halogens is 2. The van der Waals surface area contributed by atoms with Crippen LogP contribution in [0.5, 0.6) is 0 Å². The number of fused-ring (bicyclic) bond motifs is 1. The highest BCUT2D eigenvalue weighted by atomic mass is 19.1. The number of aliphatic carboxylic acids is 1. The minimum Gasteiger partial charge on any atom is -0.481 e. The number of benzene rings is 1. The summed E-state index contributed by atoms with van der Waals surface area (Å²) in [6.45, 7) is 1.68. The summed E-state index contributed by atoms with van der Waals surface area (Å²) in [5, 5.41) is 9.05. The molecular formula is C12H10F2O3. The third kappa shape index (κ3) is 2.00. The van der Waals surface area contributed by atoms with Gasteiger partial charge in [-0.25, -0.2) is 8.78 Å². The van der Waals surface area contributed by atoms with Gasteiger partial charge >= 0.3 is 5.97 Å².